The fraction of sp³-hybridized carbons (Fsp3) is 0.200. The maximum Gasteiger partial charge on any atom is 0.233 e. The van der Waals surface area contributed by atoms with Crippen LogP contribution in [0.15, 0.2) is 72.8 Å². The summed E-state index contributed by atoms with van der Waals surface area (Å²) in [5.74, 6) is 1.95. The molecule has 0 bridgehead atoms. The SMILES string of the molecule is Nc1ccc(Nc2nc(NCCO)nc(Nc3cccc(CCNc4nc(NCCO)nc(Nc5cccc(N)c5)n4)c3)n2)cc1. The Balaban J connectivity index is 1.25. The Labute approximate surface area is 265 Å². The summed E-state index contributed by atoms with van der Waals surface area (Å²) in [5.41, 5.74) is 16.3. The van der Waals surface area contributed by atoms with E-state index in [1.165, 1.54) is 0 Å². The first-order valence-corrected chi connectivity index (χ1v) is 14.5. The predicted octanol–water partition coefficient (Wildman–Crippen LogP) is 2.91. The third-order valence-electron chi connectivity index (χ3n) is 6.25. The minimum atomic E-state index is -0.0732. The topological polar surface area (TPSA) is 242 Å². The molecular weight excluding hydrogens is 588 g/mol. The molecule has 0 unspecified atom stereocenters. The predicted molar refractivity (Wildman–Crippen MR) is 181 cm³/mol. The van der Waals surface area contributed by atoms with Crippen molar-refractivity contribution in [2.45, 2.75) is 6.42 Å². The van der Waals surface area contributed by atoms with Crippen molar-refractivity contribution in [3.05, 3.63) is 78.4 Å². The molecular formula is C30H36N14O2. The minimum Gasteiger partial charge on any atom is -0.399 e. The van der Waals surface area contributed by atoms with Gasteiger partial charge in [0.1, 0.15) is 0 Å². The van der Waals surface area contributed by atoms with E-state index < -0.39 is 0 Å². The number of aliphatic hydroxyl groups excluding tert-OH is 2. The summed E-state index contributed by atoms with van der Waals surface area (Å²) < 4.78 is 0. The first kappa shape index (κ1) is 31.4. The van der Waals surface area contributed by atoms with E-state index in [4.69, 9.17) is 11.5 Å². The highest BCUT2D eigenvalue weighted by atomic mass is 16.3. The molecule has 46 heavy (non-hydrogen) atoms. The van der Waals surface area contributed by atoms with Crippen molar-refractivity contribution in [1.82, 2.24) is 29.9 Å². The molecule has 5 aromatic rings. The molecule has 2 aromatic heterocycles. The molecule has 0 spiro atoms. The van der Waals surface area contributed by atoms with Crippen molar-refractivity contribution in [2.24, 2.45) is 0 Å². The lowest BCUT2D eigenvalue weighted by atomic mass is 10.1. The number of hydrogen-bond acceptors (Lipinski definition) is 16. The quantitative estimate of drug-likeness (QED) is 0.0709. The zero-order valence-electron chi connectivity index (χ0n) is 24.9. The third-order valence-corrected chi connectivity index (χ3v) is 6.25. The van der Waals surface area contributed by atoms with Gasteiger partial charge >= 0.3 is 0 Å². The Hall–Kier alpha value is -6.00. The molecule has 0 aliphatic rings. The van der Waals surface area contributed by atoms with Crippen LogP contribution < -0.4 is 43.4 Å². The minimum absolute atomic E-state index is 0.0672. The lowest BCUT2D eigenvalue weighted by molar-refractivity contribution is 0.310. The number of nitrogens with two attached hydrogens (primary N) is 2. The van der Waals surface area contributed by atoms with Crippen LogP contribution in [0.25, 0.3) is 0 Å². The molecule has 0 amide bonds. The largest absolute Gasteiger partial charge is 0.399 e. The van der Waals surface area contributed by atoms with E-state index in [2.05, 4.69) is 61.8 Å². The first-order chi connectivity index (χ1) is 22.4. The molecule has 0 saturated carbocycles. The molecule has 3 aromatic carbocycles. The number of hydrogen-bond donors (Lipinski definition) is 10. The second-order valence-electron chi connectivity index (χ2n) is 9.91. The molecule has 5 rings (SSSR count). The van der Waals surface area contributed by atoms with Gasteiger partial charge in [0, 0.05) is 48.1 Å². The average molecular weight is 625 g/mol. The molecule has 16 heteroatoms. The highest BCUT2D eigenvalue weighted by molar-refractivity contribution is 5.62. The second kappa shape index (κ2) is 15.6. The second-order valence-corrected chi connectivity index (χ2v) is 9.91. The van der Waals surface area contributed by atoms with Gasteiger partial charge in [-0.3, -0.25) is 0 Å². The zero-order valence-corrected chi connectivity index (χ0v) is 24.9. The Bertz CT molecular complexity index is 1720. The molecule has 0 aliphatic carbocycles. The molecule has 0 fully saturated rings. The van der Waals surface area contributed by atoms with E-state index in [9.17, 15) is 10.2 Å². The van der Waals surface area contributed by atoms with Crippen LogP contribution in [0.4, 0.5) is 64.1 Å². The maximum absolute atomic E-state index is 9.25. The lowest BCUT2D eigenvalue weighted by Crippen LogP contribution is -2.14. The van der Waals surface area contributed by atoms with Gasteiger partial charge in [0.05, 0.1) is 13.2 Å². The van der Waals surface area contributed by atoms with E-state index in [0.29, 0.717) is 66.6 Å². The van der Waals surface area contributed by atoms with Gasteiger partial charge < -0.3 is 53.6 Å². The van der Waals surface area contributed by atoms with Crippen molar-refractivity contribution in [1.29, 1.82) is 0 Å². The summed E-state index contributed by atoms with van der Waals surface area (Å²) >= 11 is 0. The number of aliphatic hydroxyl groups is 2. The lowest BCUT2D eigenvalue weighted by Gasteiger charge is -2.12. The summed E-state index contributed by atoms with van der Waals surface area (Å²) in [6, 6.07) is 22.3. The first-order valence-electron chi connectivity index (χ1n) is 14.5. The highest BCUT2D eigenvalue weighted by Crippen LogP contribution is 2.21. The fourth-order valence-corrected chi connectivity index (χ4v) is 4.19. The van der Waals surface area contributed by atoms with Crippen molar-refractivity contribution >= 4 is 64.1 Å². The van der Waals surface area contributed by atoms with Gasteiger partial charge in [0.15, 0.2) is 0 Å². The number of nitrogens with one attached hydrogen (secondary N) is 6. The Morgan fingerprint density at radius 2 is 0.957 bits per heavy atom. The van der Waals surface area contributed by atoms with Crippen LogP contribution in [0.2, 0.25) is 0 Å². The summed E-state index contributed by atoms with van der Waals surface area (Å²) in [6.07, 6.45) is 0.656. The van der Waals surface area contributed by atoms with Gasteiger partial charge in [-0.2, -0.15) is 29.9 Å². The van der Waals surface area contributed by atoms with Crippen LogP contribution in [-0.4, -0.2) is 73.0 Å². The Kier molecular flexibility index (Phi) is 10.7. The van der Waals surface area contributed by atoms with E-state index in [1.54, 1.807) is 24.3 Å². The van der Waals surface area contributed by atoms with E-state index >= 15 is 0 Å². The number of aromatic nitrogens is 6. The van der Waals surface area contributed by atoms with Gasteiger partial charge in [0.25, 0.3) is 0 Å². The monoisotopic (exact) mass is 624 g/mol. The third kappa shape index (κ3) is 9.50. The molecule has 2 heterocycles. The van der Waals surface area contributed by atoms with E-state index in [1.807, 2.05) is 48.5 Å². The van der Waals surface area contributed by atoms with Crippen molar-refractivity contribution < 1.29 is 10.2 Å². The summed E-state index contributed by atoms with van der Waals surface area (Å²) in [5, 5.41) is 37.2. The van der Waals surface area contributed by atoms with Crippen LogP contribution in [0.3, 0.4) is 0 Å². The maximum atomic E-state index is 9.25. The average Bonchev–Trinajstić information content (AvgIpc) is 3.04. The van der Waals surface area contributed by atoms with Crippen molar-refractivity contribution in [2.75, 3.05) is 76.2 Å². The van der Waals surface area contributed by atoms with Crippen molar-refractivity contribution in [3.63, 3.8) is 0 Å². The Morgan fingerprint density at radius 3 is 1.52 bits per heavy atom. The number of anilines is 11. The van der Waals surface area contributed by atoms with Gasteiger partial charge in [-0.1, -0.05) is 18.2 Å². The number of nitrogen functional groups attached to an aromatic ring is 2. The molecule has 0 radical (unpaired) electrons. The molecule has 0 atom stereocenters. The molecule has 16 nitrogen and oxygen atoms in total. The number of benzene rings is 3. The van der Waals surface area contributed by atoms with Gasteiger partial charge in [-0.25, -0.2) is 0 Å². The van der Waals surface area contributed by atoms with E-state index in [0.717, 1.165) is 22.6 Å². The smallest absolute Gasteiger partial charge is 0.233 e. The van der Waals surface area contributed by atoms with Crippen molar-refractivity contribution in [3.8, 4) is 0 Å². The molecule has 0 saturated heterocycles. The summed E-state index contributed by atoms with van der Waals surface area (Å²) in [6.45, 7) is 0.964. The Morgan fingerprint density at radius 1 is 0.478 bits per heavy atom. The fourth-order valence-electron chi connectivity index (χ4n) is 4.19. The van der Waals surface area contributed by atoms with E-state index in [-0.39, 0.29) is 19.8 Å². The van der Waals surface area contributed by atoms with Crippen LogP contribution in [0.1, 0.15) is 5.56 Å². The highest BCUT2D eigenvalue weighted by Gasteiger charge is 2.10. The van der Waals surface area contributed by atoms with Crippen LogP contribution >= 0.6 is 0 Å². The molecule has 238 valence electrons. The van der Waals surface area contributed by atoms with Gasteiger partial charge in [0.2, 0.25) is 35.7 Å². The summed E-state index contributed by atoms with van der Waals surface area (Å²) in [7, 11) is 0. The van der Waals surface area contributed by atoms with Gasteiger partial charge in [-0.15, -0.1) is 0 Å². The summed E-state index contributed by atoms with van der Waals surface area (Å²) in [4.78, 5) is 26.6. The standard InChI is InChI=1S/C30H36N14O2/c31-20-7-9-22(10-8-20)36-28-42-27(35-14-16-46)43-30(44-28)37-23-5-1-3-19(17-23)11-12-33-25-39-26(34-13-15-45)41-29(40-25)38-24-6-2-4-21(32)18-24/h1-10,17-18,45-46H,11-16,31-32H2,(H3,33,34,38,39,40,41)(H3,35,36,37,42,43,44). The number of nitrogens with zero attached hydrogens (tertiary/aromatic N) is 6. The number of rotatable bonds is 16. The van der Waals surface area contributed by atoms with Crippen LogP contribution in [0.5, 0.6) is 0 Å². The normalized spacial score (nSPS) is 10.7. The van der Waals surface area contributed by atoms with Crippen LogP contribution in [0, 0.1) is 0 Å². The zero-order chi connectivity index (χ0) is 32.1. The van der Waals surface area contributed by atoms with Gasteiger partial charge in [-0.05, 0) is 66.6 Å². The molecule has 0 aliphatic heterocycles. The molecule has 12 N–H and O–H groups in total. The van der Waals surface area contributed by atoms with Crippen LogP contribution in [-0.2, 0) is 6.42 Å².